The standard InChI is InChI=1S/C20H21N3O4/c1-3-19(24)22-15-6-5-7-16(11-15)23-20(25)13-27-17-9-8-14(12-21)10-18(17)26-4-2/h5-11H,3-4,13H2,1-2H3,(H,22,24)(H,23,25). The van der Waals surface area contributed by atoms with Gasteiger partial charge in [-0.1, -0.05) is 13.0 Å². The zero-order valence-electron chi connectivity index (χ0n) is 15.2. The van der Waals surface area contributed by atoms with Gasteiger partial charge in [0.1, 0.15) is 0 Å². The van der Waals surface area contributed by atoms with Gasteiger partial charge in [-0.05, 0) is 37.3 Å². The molecule has 2 aromatic carbocycles. The monoisotopic (exact) mass is 367 g/mol. The molecule has 27 heavy (non-hydrogen) atoms. The molecule has 7 heteroatoms. The molecule has 2 amide bonds. The first-order valence-corrected chi connectivity index (χ1v) is 8.55. The highest BCUT2D eigenvalue weighted by atomic mass is 16.5. The maximum atomic E-state index is 12.2. The highest BCUT2D eigenvalue weighted by Crippen LogP contribution is 2.28. The Bertz CT molecular complexity index is 859. The Morgan fingerprint density at radius 3 is 2.30 bits per heavy atom. The van der Waals surface area contributed by atoms with E-state index in [1.807, 2.05) is 13.0 Å². The number of benzene rings is 2. The van der Waals surface area contributed by atoms with E-state index in [1.54, 1.807) is 49.4 Å². The molecule has 0 aliphatic rings. The van der Waals surface area contributed by atoms with Crippen molar-refractivity contribution < 1.29 is 19.1 Å². The number of hydrogen-bond acceptors (Lipinski definition) is 5. The van der Waals surface area contributed by atoms with Crippen molar-refractivity contribution in [1.29, 1.82) is 5.26 Å². The molecule has 0 radical (unpaired) electrons. The number of amides is 2. The smallest absolute Gasteiger partial charge is 0.262 e. The van der Waals surface area contributed by atoms with Crippen LogP contribution in [0.25, 0.3) is 0 Å². The summed E-state index contributed by atoms with van der Waals surface area (Å²) in [6.45, 7) is 3.77. The first-order chi connectivity index (χ1) is 13.0. The van der Waals surface area contributed by atoms with E-state index in [1.165, 1.54) is 0 Å². The van der Waals surface area contributed by atoms with Crippen LogP contribution in [0.15, 0.2) is 42.5 Å². The van der Waals surface area contributed by atoms with Crippen molar-refractivity contribution >= 4 is 23.2 Å². The van der Waals surface area contributed by atoms with E-state index in [2.05, 4.69) is 10.6 Å². The van der Waals surface area contributed by atoms with Gasteiger partial charge in [0.2, 0.25) is 5.91 Å². The van der Waals surface area contributed by atoms with E-state index in [4.69, 9.17) is 14.7 Å². The van der Waals surface area contributed by atoms with Crippen LogP contribution < -0.4 is 20.1 Å². The minimum atomic E-state index is -0.360. The molecule has 0 aliphatic heterocycles. The van der Waals surface area contributed by atoms with E-state index in [0.717, 1.165) is 0 Å². The Balaban J connectivity index is 1.98. The maximum Gasteiger partial charge on any atom is 0.262 e. The molecule has 7 nitrogen and oxygen atoms in total. The molecule has 0 bridgehead atoms. The zero-order valence-corrected chi connectivity index (χ0v) is 15.2. The molecule has 0 saturated heterocycles. The molecule has 0 spiro atoms. The second-order valence-corrected chi connectivity index (χ2v) is 5.53. The lowest BCUT2D eigenvalue weighted by Crippen LogP contribution is -2.20. The Morgan fingerprint density at radius 2 is 1.67 bits per heavy atom. The highest BCUT2D eigenvalue weighted by molar-refractivity contribution is 5.94. The lowest BCUT2D eigenvalue weighted by atomic mass is 10.2. The fourth-order valence-corrected chi connectivity index (χ4v) is 2.23. The highest BCUT2D eigenvalue weighted by Gasteiger charge is 2.10. The normalized spacial score (nSPS) is 9.81. The van der Waals surface area contributed by atoms with Crippen molar-refractivity contribution in [2.24, 2.45) is 0 Å². The SMILES string of the molecule is CCOc1cc(C#N)ccc1OCC(=O)Nc1cccc(NC(=O)CC)c1. The molecule has 0 saturated carbocycles. The van der Waals surface area contributed by atoms with Crippen LogP contribution >= 0.6 is 0 Å². The molecule has 0 aliphatic carbocycles. The van der Waals surface area contributed by atoms with E-state index < -0.39 is 0 Å². The van der Waals surface area contributed by atoms with Gasteiger partial charge in [-0.2, -0.15) is 5.26 Å². The van der Waals surface area contributed by atoms with Crippen molar-refractivity contribution in [2.45, 2.75) is 20.3 Å². The van der Waals surface area contributed by atoms with E-state index in [9.17, 15) is 9.59 Å². The Morgan fingerprint density at radius 1 is 0.963 bits per heavy atom. The third kappa shape index (κ3) is 6.04. The van der Waals surface area contributed by atoms with Gasteiger partial charge in [0.25, 0.3) is 5.91 Å². The molecule has 140 valence electrons. The fraction of sp³-hybridized carbons (Fsp3) is 0.250. The van der Waals surface area contributed by atoms with Crippen molar-refractivity contribution in [3.8, 4) is 17.6 Å². The Labute approximate surface area is 157 Å². The van der Waals surface area contributed by atoms with Crippen molar-refractivity contribution in [2.75, 3.05) is 23.8 Å². The summed E-state index contributed by atoms with van der Waals surface area (Å²) >= 11 is 0. The predicted molar refractivity (Wildman–Crippen MR) is 102 cm³/mol. The van der Waals surface area contributed by atoms with Gasteiger partial charge in [-0.3, -0.25) is 9.59 Å². The molecule has 2 aromatic rings. The average molecular weight is 367 g/mol. The molecule has 0 atom stereocenters. The lowest BCUT2D eigenvalue weighted by Gasteiger charge is -2.12. The van der Waals surface area contributed by atoms with Crippen molar-refractivity contribution in [1.82, 2.24) is 0 Å². The largest absolute Gasteiger partial charge is 0.490 e. The molecule has 0 heterocycles. The molecule has 0 aromatic heterocycles. The van der Waals surface area contributed by atoms with E-state index in [-0.39, 0.29) is 18.4 Å². The summed E-state index contributed by atoms with van der Waals surface area (Å²) in [5, 5.41) is 14.4. The van der Waals surface area contributed by atoms with E-state index in [0.29, 0.717) is 41.5 Å². The molecule has 2 rings (SSSR count). The summed E-state index contributed by atoms with van der Waals surface area (Å²) < 4.78 is 11.0. The number of rotatable bonds is 8. The molecule has 2 N–H and O–H groups in total. The maximum absolute atomic E-state index is 12.2. The van der Waals surface area contributed by atoms with Gasteiger partial charge < -0.3 is 20.1 Å². The summed E-state index contributed by atoms with van der Waals surface area (Å²) in [4.78, 5) is 23.6. The van der Waals surface area contributed by atoms with Crippen LogP contribution in [-0.2, 0) is 9.59 Å². The Kier molecular flexibility index (Phi) is 7.20. The number of anilines is 2. The van der Waals surface area contributed by atoms with Crippen LogP contribution in [0.1, 0.15) is 25.8 Å². The van der Waals surface area contributed by atoms with E-state index >= 15 is 0 Å². The predicted octanol–water partition coefficient (Wildman–Crippen LogP) is 3.32. The minimum absolute atomic E-state index is 0.105. The van der Waals surface area contributed by atoms with Gasteiger partial charge in [0, 0.05) is 23.9 Å². The third-order valence-corrected chi connectivity index (χ3v) is 3.48. The average Bonchev–Trinajstić information content (AvgIpc) is 2.67. The quantitative estimate of drug-likeness (QED) is 0.745. The molecular weight excluding hydrogens is 346 g/mol. The minimum Gasteiger partial charge on any atom is -0.490 e. The number of carbonyl (C=O) groups is 2. The number of hydrogen-bond donors (Lipinski definition) is 2. The van der Waals surface area contributed by atoms with Crippen LogP contribution in [0.5, 0.6) is 11.5 Å². The molecule has 0 fully saturated rings. The van der Waals surface area contributed by atoms with Crippen LogP contribution in [-0.4, -0.2) is 25.0 Å². The second-order valence-electron chi connectivity index (χ2n) is 5.53. The van der Waals surface area contributed by atoms with Crippen LogP contribution in [0.4, 0.5) is 11.4 Å². The van der Waals surface area contributed by atoms with Crippen LogP contribution in [0, 0.1) is 11.3 Å². The van der Waals surface area contributed by atoms with Crippen molar-refractivity contribution in [3.63, 3.8) is 0 Å². The zero-order chi connectivity index (χ0) is 19.6. The fourth-order valence-electron chi connectivity index (χ4n) is 2.23. The lowest BCUT2D eigenvalue weighted by molar-refractivity contribution is -0.118. The Hall–Kier alpha value is -3.53. The van der Waals surface area contributed by atoms with Gasteiger partial charge in [-0.25, -0.2) is 0 Å². The van der Waals surface area contributed by atoms with Crippen LogP contribution in [0.2, 0.25) is 0 Å². The second kappa shape index (κ2) is 9.82. The molecular formula is C20H21N3O4. The van der Waals surface area contributed by atoms with Gasteiger partial charge in [0.15, 0.2) is 18.1 Å². The first kappa shape index (κ1) is 19.8. The number of nitrogens with one attached hydrogen (secondary N) is 2. The number of nitrogens with zero attached hydrogens (tertiary/aromatic N) is 1. The summed E-state index contributed by atoms with van der Waals surface area (Å²) in [5.41, 5.74) is 1.59. The van der Waals surface area contributed by atoms with Crippen LogP contribution in [0.3, 0.4) is 0 Å². The third-order valence-electron chi connectivity index (χ3n) is 3.48. The van der Waals surface area contributed by atoms with Gasteiger partial charge >= 0.3 is 0 Å². The first-order valence-electron chi connectivity index (χ1n) is 8.55. The summed E-state index contributed by atoms with van der Waals surface area (Å²) in [5.74, 6) is 0.329. The summed E-state index contributed by atoms with van der Waals surface area (Å²) in [6, 6.07) is 13.6. The molecule has 0 unspecified atom stereocenters. The summed E-state index contributed by atoms with van der Waals surface area (Å²) in [7, 11) is 0. The number of nitriles is 1. The van der Waals surface area contributed by atoms with Gasteiger partial charge in [0.05, 0.1) is 18.2 Å². The van der Waals surface area contributed by atoms with Crippen molar-refractivity contribution in [3.05, 3.63) is 48.0 Å². The van der Waals surface area contributed by atoms with Gasteiger partial charge in [-0.15, -0.1) is 0 Å². The topological polar surface area (TPSA) is 100 Å². The number of ether oxygens (including phenoxy) is 2. The summed E-state index contributed by atoms with van der Waals surface area (Å²) in [6.07, 6.45) is 0.372. The number of carbonyl (C=O) groups excluding carboxylic acids is 2.